The van der Waals surface area contributed by atoms with Crippen molar-refractivity contribution in [3.8, 4) is 11.3 Å². The summed E-state index contributed by atoms with van der Waals surface area (Å²) in [6.07, 6.45) is -1.92. The average molecular weight is 367 g/mol. The molecule has 1 unspecified atom stereocenters. The Hall–Kier alpha value is -2.65. The van der Waals surface area contributed by atoms with Crippen LogP contribution in [0, 0.1) is 6.92 Å². The van der Waals surface area contributed by atoms with Gasteiger partial charge in [0.15, 0.2) is 17.1 Å². The lowest BCUT2D eigenvalue weighted by atomic mass is 9.91. The number of aliphatic hydroxyl groups excluding tert-OH is 1. The molecule has 0 saturated heterocycles. The molecule has 1 heterocycles. The van der Waals surface area contributed by atoms with Crippen LogP contribution in [-0.2, 0) is 10.3 Å². The number of nitrogen functional groups attached to an aromatic ring is 1. The van der Waals surface area contributed by atoms with E-state index in [-0.39, 0.29) is 29.4 Å². The van der Waals surface area contributed by atoms with Crippen molar-refractivity contribution in [3.05, 3.63) is 41.2 Å². The number of anilines is 1. The van der Waals surface area contributed by atoms with E-state index in [1.54, 1.807) is 13.8 Å². The largest absolute Gasteiger partial charge is 0.461 e. The molecular formula is C17H19F2N3O4. The summed E-state index contributed by atoms with van der Waals surface area (Å²) in [6.45, 7) is 2.28. The van der Waals surface area contributed by atoms with Gasteiger partial charge in [0.25, 0.3) is 6.43 Å². The van der Waals surface area contributed by atoms with E-state index in [2.05, 4.69) is 9.97 Å². The number of aliphatic hydroxyl groups is 2. The van der Waals surface area contributed by atoms with E-state index in [9.17, 15) is 23.8 Å². The summed E-state index contributed by atoms with van der Waals surface area (Å²) < 4.78 is 31.3. The van der Waals surface area contributed by atoms with E-state index >= 15 is 0 Å². The number of halogens is 2. The highest BCUT2D eigenvalue weighted by Crippen LogP contribution is 2.32. The maximum absolute atomic E-state index is 13.2. The first-order valence-corrected chi connectivity index (χ1v) is 7.77. The van der Waals surface area contributed by atoms with Gasteiger partial charge in [0.2, 0.25) is 0 Å². The number of hydrogen-bond acceptors (Lipinski definition) is 7. The molecule has 0 fully saturated rings. The third-order valence-corrected chi connectivity index (χ3v) is 3.89. The Labute approximate surface area is 148 Å². The number of alkyl halides is 2. The van der Waals surface area contributed by atoms with Crippen LogP contribution >= 0.6 is 0 Å². The number of carbonyl (C=O) groups is 1. The highest BCUT2D eigenvalue weighted by atomic mass is 19.3. The molecule has 7 nitrogen and oxygen atoms in total. The van der Waals surface area contributed by atoms with E-state index in [1.807, 2.05) is 0 Å². The summed E-state index contributed by atoms with van der Waals surface area (Å²) in [5.41, 5.74) is 3.74. The SMILES string of the molecule is CCOC(=O)c1nc(-c2cc(C(O)(CO)C(F)F)ccc2C)cnc1N. The van der Waals surface area contributed by atoms with Crippen LogP contribution in [0.2, 0.25) is 0 Å². The smallest absolute Gasteiger partial charge is 0.360 e. The van der Waals surface area contributed by atoms with Gasteiger partial charge in [-0.3, -0.25) is 0 Å². The topological polar surface area (TPSA) is 119 Å². The number of aryl methyl sites for hydroxylation is 1. The molecule has 1 aromatic heterocycles. The molecule has 26 heavy (non-hydrogen) atoms. The van der Waals surface area contributed by atoms with E-state index in [0.29, 0.717) is 11.1 Å². The van der Waals surface area contributed by atoms with Crippen LogP contribution in [-0.4, -0.2) is 45.8 Å². The van der Waals surface area contributed by atoms with E-state index in [1.165, 1.54) is 24.4 Å². The number of hydrogen-bond donors (Lipinski definition) is 3. The van der Waals surface area contributed by atoms with Crippen LogP contribution in [0.1, 0.15) is 28.5 Å². The van der Waals surface area contributed by atoms with Crippen molar-refractivity contribution in [3.63, 3.8) is 0 Å². The fourth-order valence-electron chi connectivity index (χ4n) is 2.33. The zero-order valence-electron chi connectivity index (χ0n) is 14.2. The third-order valence-electron chi connectivity index (χ3n) is 3.89. The van der Waals surface area contributed by atoms with Crippen LogP contribution in [0.15, 0.2) is 24.4 Å². The Kier molecular flexibility index (Phi) is 5.83. The number of nitrogens with zero attached hydrogens (tertiary/aromatic N) is 2. The maximum atomic E-state index is 13.2. The fourth-order valence-corrected chi connectivity index (χ4v) is 2.33. The summed E-state index contributed by atoms with van der Waals surface area (Å²) >= 11 is 0. The quantitative estimate of drug-likeness (QED) is 0.664. The van der Waals surface area contributed by atoms with Crippen molar-refractivity contribution < 1.29 is 28.5 Å². The average Bonchev–Trinajstić information content (AvgIpc) is 2.62. The highest BCUT2D eigenvalue weighted by molar-refractivity contribution is 5.92. The molecule has 4 N–H and O–H groups in total. The number of carbonyl (C=O) groups excluding carboxylic acids is 1. The Balaban J connectivity index is 2.57. The first-order chi connectivity index (χ1) is 12.2. The standard InChI is InChI=1S/C17H19F2N3O4/c1-3-26-15(24)13-14(20)21-7-12(22-13)11-6-10(5-4-9(11)2)17(25,8-23)16(18)19/h4-7,16,23,25H,3,8H2,1-2H3,(H2,20,21). The molecule has 0 aliphatic heterocycles. The zero-order valence-corrected chi connectivity index (χ0v) is 14.2. The molecule has 2 aromatic rings. The van der Waals surface area contributed by atoms with E-state index in [0.717, 1.165) is 0 Å². The van der Waals surface area contributed by atoms with E-state index in [4.69, 9.17) is 10.5 Å². The molecule has 9 heteroatoms. The van der Waals surface area contributed by atoms with Gasteiger partial charge < -0.3 is 20.7 Å². The van der Waals surface area contributed by atoms with Gasteiger partial charge in [-0.15, -0.1) is 0 Å². The van der Waals surface area contributed by atoms with Gasteiger partial charge in [-0.1, -0.05) is 12.1 Å². The predicted molar refractivity (Wildman–Crippen MR) is 89.6 cm³/mol. The summed E-state index contributed by atoms with van der Waals surface area (Å²) in [6, 6.07) is 4.06. The third kappa shape index (κ3) is 3.63. The number of esters is 1. The van der Waals surface area contributed by atoms with Crippen molar-refractivity contribution in [1.29, 1.82) is 0 Å². The monoisotopic (exact) mass is 367 g/mol. The normalized spacial score (nSPS) is 13.5. The number of rotatable bonds is 6. The van der Waals surface area contributed by atoms with Crippen molar-refractivity contribution in [1.82, 2.24) is 9.97 Å². The molecule has 1 atom stereocenters. The minimum atomic E-state index is -3.20. The number of benzene rings is 1. The molecule has 0 aliphatic rings. The molecule has 0 spiro atoms. The summed E-state index contributed by atoms with van der Waals surface area (Å²) in [7, 11) is 0. The molecule has 0 saturated carbocycles. The van der Waals surface area contributed by atoms with Crippen molar-refractivity contribution in [2.24, 2.45) is 0 Å². The van der Waals surface area contributed by atoms with Crippen LogP contribution in [0.3, 0.4) is 0 Å². The second kappa shape index (κ2) is 7.71. The predicted octanol–water partition coefficient (Wildman–Crippen LogP) is 1.66. The Morgan fingerprint density at radius 2 is 2.12 bits per heavy atom. The molecule has 0 amide bonds. The lowest BCUT2D eigenvalue weighted by molar-refractivity contribution is -0.129. The number of ether oxygens (including phenoxy) is 1. The van der Waals surface area contributed by atoms with Crippen molar-refractivity contribution in [2.45, 2.75) is 25.9 Å². The Morgan fingerprint density at radius 3 is 2.69 bits per heavy atom. The zero-order chi connectivity index (χ0) is 19.5. The van der Waals surface area contributed by atoms with Gasteiger partial charge in [0.05, 0.1) is 25.1 Å². The van der Waals surface area contributed by atoms with Gasteiger partial charge in [-0.2, -0.15) is 0 Å². The Morgan fingerprint density at radius 1 is 1.42 bits per heavy atom. The molecule has 0 radical (unpaired) electrons. The van der Waals surface area contributed by atoms with E-state index < -0.39 is 24.6 Å². The van der Waals surface area contributed by atoms with Gasteiger partial charge >= 0.3 is 5.97 Å². The van der Waals surface area contributed by atoms with Crippen LogP contribution < -0.4 is 5.73 Å². The fraction of sp³-hybridized carbons (Fsp3) is 0.353. The molecule has 0 bridgehead atoms. The minimum absolute atomic E-state index is 0.122. The first kappa shape index (κ1) is 19.7. The summed E-state index contributed by atoms with van der Waals surface area (Å²) in [5.74, 6) is -0.881. The molecule has 2 rings (SSSR count). The maximum Gasteiger partial charge on any atom is 0.360 e. The van der Waals surface area contributed by atoms with Crippen molar-refractivity contribution in [2.75, 3.05) is 18.9 Å². The molecule has 1 aromatic carbocycles. The lowest BCUT2D eigenvalue weighted by Crippen LogP contribution is -2.38. The van der Waals surface area contributed by atoms with Gasteiger partial charge in [0, 0.05) is 5.56 Å². The van der Waals surface area contributed by atoms with Crippen LogP contribution in [0.25, 0.3) is 11.3 Å². The molecule has 0 aliphatic carbocycles. The molecule has 140 valence electrons. The second-order valence-corrected chi connectivity index (χ2v) is 5.62. The van der Waals surface area contributed by atoms with Gasteiger partial charge in [-0.25, -0.2) is 23.5 Å². The molecular weight excluding hydrogens is 348 g/mol. The highest BCUT2D eigenvalue weighted by Gasteiger charge is 2.39. The summed E-state index contributed by atoms with van der Waals surface area (Å²) in [4.78, 5) is 19.9. The van der Waals surface area contributed by atoms with Crippen molar-refractivity contribution >= 4 is 11.8 Å². The second-order valence-electron chi connectivity index (χ2n) is 5.62. The Bertz CT molecular complexity index is 817. The van der Waals surface area contributed by atoms with Gasteiger partial charge in [-0.05, 0) is 31.0 Å². The lowest BCUT2D eigenvalue weighted by Gasteiger charge is -2.26. The van der Waals surface area contributed by atoms with Crippen LogP contribution in [0.5, 0.6) is 0 Å². The van der Waals surface area contributed by atoms with Gasteiger partial charge in [0.1, 0.15) is 0 Å². The minimum Gasteiger partial charge on any atom is -0.461 e. The summed E-state index contributed by atoms with van der Waals surface area (Å²) in [5, 5.41) is 19.3. The van der Waals surface area contributed by atoms with Crippen LogP contribution in [0.4, 0.5) is 14.6 Å². The number of nitrogens with two attached hydrogens (primary N) is 1. The number of aromatic nitrogens is 2. The first-order valence-electron chi connectivity index (χ1n) is 7.77.